The molecule has 0 aromatic heterocycles. The largest absolute Gasteiger partial charge is 0.370 e. The Morgan fingerprint density at radius 1 is 1.32 bits per heavy atom. The van der Waals surface area contributed by atoms with E-state index in [4.69, 9.17) is 5.73 Å². The number of guanidine groups is 1. The summed E-state index contributed by atoms with van der Waals surface area (Å²) < 4.78 is 0.342. The third kappa shape index (κ3) is 3.66. The van der Waals surface area contributed by atoms with Crippen LogP contribution in [0.3, 0.4) is 0 Å². The van der Waals surface area contributed by atoms with E-state index >= 15 is 0 Å². The van der Waals surface area contributed by atoms with Crippen molar-refractivity contribution in [3.05, 3.63) is 29.3 Å². The highest BCUT2D eigenvalue weighted by Gasteiger charge is 2.35. The predicted molar refractivity (Wildman–Crippen MR) is 86.1 cm³/mol. The molecule has 3 N–H and O–H groups in total. The Kier molecular flexibility index (Phi) is 4.40. The summed E-state index contributed by atoms with van der Waals surface area (Å²) in [5.74, 6) is 0.519. The molecule has 0 amide bonds. The van der Waals surface area contributed by atoms with E-state index < -0.39 is 0 Å². The molecule has 0 atom stereocenters. The first-order valence-electron chi connectivity index (χ1n) is 6.73. The SMILES string of the molecule is CSC1(CN=C(N)Nc2cc(C)cc(C)c2)CCC1. The number of rotatable bonds is 4. The lowest BCUT2D eigenvalue weighted by molar-refractivity contribution is 0.372. The summed E-state index contributed by atoms with van der Waals surface area (Å²) in [4.78, 5) is 4.51. The van der Waals surface area contributed by atoms with Gasteiger partial charge in [-0.05, 0) is 56.2 Å². The highest BCUT2D eigenvalue weighted by Crippen LogP contribution is 2.42. The smallest absolute Gasteiger partial charge is 0.193 e. The number of anilines is 1. The maximum absolute atomic E-state index is 5.98. The Bertz CT molecular complexity index is 453. The van der Waals surface area contributed by atoms with Crippen molar-refractivity contribution >= 4 is 23.4 Å². The second-order valence-corrected chi connectivity index (χ2v) is 6.72. The number of hydrogen-bond donors (Lipinski definition) is 2. The molecule has 0 heterocycles. The van der Waals surface area contributed by atoms with E-state index in [2.05, 4.69) is 48.6 Å². The summed E-state index contributed by atoms with van der Waals surface area (Å²) in [6.45, 7) is 4.99. The zero-order chi connectivity index (χ0) is 13.9. The first-order chi connectivity index (χ1) is 9.03. The Morgan fingerprint density at radius 2 is 1.95 bits per heavy atom. The van der Waals surface area contributed by atoms with E-state index in [1.165, 1.54) is 30.4 Å². The Hall–Kier alpha value is -1.16. The predicted octanol–water partition coefficient (Wildman–Crippen LogP) is 3.32. The summed E-state index contributed by atoms with van der Waals surface area (Å²) in [5, 5.41) is 3.19. The molecule has 2 rings (SSSR count). The van der Waals surface area contributed by atoms with Crippen LogP contribution in [0.2, 0.25) is 0 Å². The number of hydrogen-bond acceptors (Lipinski definition) is 2. The first kappa shape index (κ1) is 14.3. The normalized spacial score (nSPS) is 17.9. The second kappa shape index (κ2) is 5.87. The standard InChI is InChI=1S/C15H23N3S/c1-11-7-12(2)9-13(8-11)18-14(16)17-10-15(19-3)5-4-6-15/h7-9H,4-6,10H2,1-3H3,(H3,16,17,18). The van der Waals surface area contributed by atoms with Crippen molar-refractivity contribution in [3.8, 4) is 0 Å². The molecule has 0 spiro atoms. The van der Waals surface area contributed by atoms with Gasteiger partial charge in [0, 0.05) is 10.4 Å². The summed E-state index contributed by atoms with van der Waals surface area (Å²) in [5.41, 5.74) is 9.46. The van der Waals surface area contributed by atoms with Gasteiger partial charge < -0.3 is 11.1 Å². The van der Waals surface area contributed by atoms with Crippen molar-refractivity contribution in [2.45, 2.75) is 37.9 Å². The van der Waals surface area contributed by atoms with Crippen LogP contribution >= 0.6 is 11.8 Å². The topological polar surface area (TPSA) is 50.4 Å². The lowest BCUT2D eigenvalue weighted by atomic mass is 9.84. The fourth-order valence-electron chi connectivity index (χ4n) is 2.46. The molecule has 1 fully saturated rings. The number of thioether (sulfide) groups is 1. The van der Waals surface area contributed by atoms with Gasteiger partial charge in [-0.1, -0.05) is 12.5 Å². The quantitative estimate of drug-likeness (QED) is 0.655. The van der Waals surface area contributed by atoms with Crippen LogP contribution in [0.25, 0.3) is 0 Å². The monoisotopic (exact) mass is 277 g/mol. The molecule has 1 aliphatic rings. The fraction of sp³-hybridized carbons (Fsp3) is 0.533. The van der Waals surface area contributed by atoms with E-state index in [0.29, 0.717) is 10.7 Å². The van der Waals surface area contributed by atoms with Crippen molar-refractivity contribution in [2.24, 2.45) is 10.7 Å². The second-order valence-electron chi connectivity index (χ2n) is 5.44. The van der Waals surface area contributed by atoms with Crippen LogP contribution in [0, 0.1) is 13.8 Å². The lowest BCUT2D eigenvalue weighted by Crippen LogP contribution is -2.37. The number of nitrogens with two attached hydrogens (primary N) is 1. The van der Waals surface area contributed by atoms with Gasteiger partial charge >= 0.3 is 0 Å². The van der Waals surface area contributed by atoms with Gasteiger partial charge in [-0.2, -0.15) is 11.8 Å². The zero-order valence-corrected chi connectivity index (χ0v) is 12.8. The highest BCUT2D eigenvalue weighted by atomic mass is 32.2. The lowest BCUT2D eigenvalue weighted by Gasteiger charge is -2.39. The van der Waals surface area contributed by atoms with Gasteiger partial charge in [0.1, 0.15) is 0 Å². The molecule has 1 aliphatic carbocycles. The van der Waals surface area contributed by atoms with Gasteiger partial charge in [0.15, 0.2) is 5.96 Å². The highest BCUT2D eigenvalue weighted by molar-refractivity contribution is 8.00. The molecule has 3 nitrogen and oxygen atoms in total. The maximum atomic E-state index is 5.98. The van der Waals surface area contributed by atoms with E-state index in [1.807, 2.05) is 11.8 Å². The minimum Gasteiger partial charge on any atom is -0.370 e. The van der Waals surface area contributed by atoms with Gasteiger partial charge in [-0.3, -0.25) is 4.99 Å². The molecule has 4 heteroatoms. The van der Waals surface area contributed by atoms with Gasteiger partial charge in [-0.15, -0.1) is 0 Å². The number of nitrogens with zero attached hydrogens (tertiary/aromatic N) is 1. The molecule has 19 heavy (non-hydrogen) atoms. The van der Waals surface area contributed by atoms with Crippen LogP contribution in [-0.2, 0) is 0 Å². The summed E-state index contributed by atoms with van der Waals surface area (Å²) in [6.07, 6.45) is 6.01. The van der Waals surface area contributed by atoms with Crippen molar-refractivity contribution in [3.63, 3.8) is 0 Å². The van der Waals surface area contributed by atoms with Gasteiger partial charge in [0.2, 0.25) is 0 Å². The molecule has 1 aromatic rings. The molecule has 0 bridgehead atoms. The van der Waals surface area contributed by atoms with Crippen LogP contribution in [0.4, 0.5) is 5.69 Å². The van der Waals surface area contributed by atoms with Gasteiger partial charge in [0.05, 0.1) is 6.54 Å². The van der Waals surface area contributed by atoms with Crippen LogP contribution in [-0.4, -0.2) is 23.5 Å². The van der Waals surface area contributed by atoms with Crippen molar-refractivity contribution in [2.75, 3.05) is 18.1 Å². The molecule has 104 valence electrons. The molecule has 0 unspecified atom stereocenters. The summed E-state index contributed by atoms with van der Waals surface area (Å²) in [6, 6.07) is 6.32. The number of nitrogens with one attached hydrogen (secondary N) is 1. The first-order valence-corrected chi connectivity index (χ1v) is 7.96. The summed E-state index contributed by atoms with van der Waals surface area (Å²) in [7, 11) is 0. The van der Waals surface area contributed by atoms with Crippen LogP contribution in [0.5, 0.6) is 0 Å². The zero-order valence-electron chi connectivity index (χ0n) is 12.0. The Morgan fingerprint density at radius 3 is 2.42 bits per heavy atom. The van der Waals surface area contributed by atoms with E-state index in [9.17, 15) is 0 Å². The maximum Gasteiger partial charge on any atom is 0.193 e. The summed E-state index contributed by atoms with van der Waals surface area (Å²) >= 11 is 1.92. The van der Waals surface area contributed by atoms with Crippen molar-refractivity contribution in [1.29, 1.82) is 0 Å². The third-order valence-corrected chi connectivity index (χ3v) is 5.13. The third-order valence-electron chi connectivity index (χ3n) is 3.73. The van der Waals surface area contributed by atoms with E-state index in [-0.39, 0.29) is 0 Å². The van der Waals surface area contributed by atoms with Crippen LogP contribution in [0.1, 0.15) is 30.4 Å². The number of benzene rings is 1. The van der Waals surface area contributed by atoms with Crippen LogP contribution in [0.15, 0.2) is 23.2 Å². The fourth-order valence-corrected chi connectivity index (χ4v) is 3.35. The van der Waals surface area contributed by atoms with Crippen molar-refractivity contribution in [1.82, 2.24) is 0 Å². The average Bonchev–Trinajstić information content (AvgIpc) is 2.26. The minimum absolute atomic E-state index is 0.342. The van der Waals surface area contributed by atoms with Crippen LogP contribution < -0.4 is 11.1 Å². The van der Waals surface area contributed by atoms with E-state index in [0.717, 1.165) is 12.2 Å². The van der Waals surface area contributed by atoms with Gasteiger partial charge in [-0.25, -0.2) is 0 Å². The molecular formula is C15H23N3S. The molecular weight excluding hydrogens is 254 g/mol. The van der Waals surface area contributed by atoms with Crippen molar-refractivity contribution < 1.29 is 0 Å². The molecule has 0 aliphatic heterocycles. The molecule has 1 aromatic carbocycles. The minimum atomic E-state index is 0.342. The molecule has 1 saturated carbocycles. The Labute approximate surface area is 120 Å². The van der Waals surface area contributed by atoms with E-state index in [1.54, 1.807) is 0 Å². The Balaban J connectivity index is 1.98. The number of aliphatic imine (C=N–C) groups is 1. The average molecular weight is 277 g/mol. The molecule has 0 radical (unpaired) electrons. The van der Waals surface area contributed by atoms with Gasteiger partial charge in [0.25, 0.3) is 0 Å². The molecule has 0 saturated heterocycles. The number of aryl methyl sites for hydroxylation is 2.